The zero-order valence-electron chi connectivity index (χ0n) is 17.1. The maximum atomic E-state index is 5.44. The molecule has 0 aromatic carbocycles. The molecule has 0 spiro atoms. The molecule has 0 bridgehead atoms. The van der Waals surface area contributed by atoms with Crippen molar-refractivity contribution in [3.05, 3.63) is 0 Å². The number of hydrogen-bond donors (Lipinski definition) is 2. The summed E-state index contributed by atoms with van der Waals surface area (Å²) in [5, 5.41) is 6.85. The lowest BCUT2D eigenvalue weighted by molar-refractivity contribution is 0.0653. The van der Waals surface area contributed by atoms with E-state index in [0.29, 0.717) is 0 Å². The van der Waals surface area contributed by atoms with Crippen LogP contribution in [-0.2, 0) is 4.74 Å². The number of nitrogens with one attached hydrogen (secondary N) is 2. The number of aliphatic imine (C=N–C) groups is 2. The summed E-state index contributed by atoms with van der Waals surface area (Å²) in [6.07, 6.45) is 12.0. The fourth-order valence-corrected chi connectivity index (χ4v) is 3.35. The van der Waals surface area contributed by atoms with E-state index in [1.54, 1.807) is 0 Å². The quantitative estimate of drug-likeness (QED) is 0.582. The van der Waals surface area contributed by atoms with Gasteiger partial charge in [0.05, 0.1) is 13.2 Å². The third-order valence-corrected chi connectivity index (χ3v) is 4.89. The molecule has 0 aliphatic carbocycles. The number of guanidine groups is 2. The average Bonchev–Trinajstić information content (AvgIpc) is 2.63. The Balaban J connectivity index is 1.69. The van der Waals surface area contributed by atoms with Crippen molar-refractivity contribution in [1.29, 1.82) is 0 Å². The van der Waals surface area contributed by atoms with Crippen molar-refractivity contribution in [3.8, 4) is 0 Å². The molecule has 0 aromatic heterocycles. The fourth-order valence-electron chi connectivity index (χ4n) is 3.35. The topological polar surface area (TPSA) is 61.2 Å². The minimum Gasteiger partial charge on any atom is -0.378 e. The van der Waals surface area contributed by atoms with Gasteiger partial charge in [-0.25, -0.2) is 0 Å². The number of hydrogen-bond acceptors (Lipinski definition) is 4. The Kier molecular flexibility index (Phi) is 9.23. The first-order valence-corrected chi connectivity index (χ1v) is 10.6. The van der Waals surface area contributed by atoms with E-state index >= 15 is 0 Å². The first kappa shape index (κ1) is 21.0. The van der Waals surface area contributed by atoms with Gasteiger partial charge < -0.3 is 20.3 Å². The van der Waals surface area contributed by atoms with Crippen molar-refractivity contribution in [1.82, 2.24) is 15.5 Å². The molecule has 1 fully saturated rings. The standard InChI is InChI=1S/C20H39N5O/c1-4-5-6-7-8-9-10-11-12-13-21-18-22-19(24-20(2,3)23-18)25-14-16-26-17-15-25/h4-17H2,1-3H3,(H2,21,22,23,24). The summed E-state index contributed by atoms with van der Waals surface area (Å²) in [6, 6.07) is 0. The Labute approximate surface area is 159 Å². The van der Waals surface area contributed by atoms with Gasteiger partial charge in [0.1, 0.15) is 5.66 Å². The summed E-state index contributed by atoms with van der Waals surface area (Å²) in [5.74, 6) is 1.68. The molecule has 2 aliphatic heterocycles. The SMILES string of the molecule is CCCCCCCCCCCN=C1N=C(N2CCOCC2)NC(C)(C)N1. The Morgan fingerprint density at radius 2 is 1.58 bits per heavy atom. The minimum atomic E-state index is -0.229. The van der Waals surface area contributed by atoms with Crippen molar-refractivity contribution < 1.29 is 4.74 Å². The van der Waals surface area contributed by atoms with Crippen molar-refractivity contribution in [2.75, 3.05) is 32.8 Å². The molecule has 0 saturated carbocycles. The molecule has 0 aromatic rings. The van der Waals surface area contributed by atoms with E-state index in [1.165, 1.54) is 51.4 Å². The van der Waals surface area contributed by atoms with Gasteiger partial charge in [-0.1, -0.05) is 58.3 Å². The molecular weight excluding hydrogens is 326 g/mol. The van der Waals surface area contributed by atoms with Gasteiger partial charge in [0, 0.05) is 19.6 Å². The van der Waals surface area contributed by atoms with Crippen molar-refractivity contribution in [2.24, 2.45) is 9.98 Å². The third-order valence-electron chi connectivity index (χ3n) is 4.89. The molecule has 2 N–H and O–H groups in total. The van der Waals surface area contributed by atoms with Gasteiger partial charge in [-0.15, -0.1) is 0 Å². The minimum absolute atomic E-state index is 0.229. The van der Waals surface area contributed by atoms with Crippen LogP contribution >= 0.6 is 0 Å². The van der Waals surface area contributed by atoms with Crippen LogP contribution in [-0.4, -0.2) is 55.3 Å². The van der Waals surface area contributed by atoms with Crippen LogP contribution in [0.5, 0.6) is 0 Å². The van der Waals surface area contributed by atoms with Crippen molar-refractivity contribution >= 4 is 11.9 Å². The van der Waals surface area contributed by atoms with E-state index in [9.17, 15) is 0 Å². The maximum absolute atomic E-state index is 5.44. The van der Waals surface area contributed by atoms with Crippen LogP contribution in [0, 0.1) is 0 Å². The van der Waals surface area contributed by atoms with E-state index in [-0.39, 0.29) is 5.66 Å². The van der Waals surface area contributed by atoms with Crippen molar-refractivity contribution in [2.45, 2.75) is 84.2 Å². The van der Waals surface area contributed by atoms with Crippen LogP contribution in [0.25, 0.3) is 0 Å². The van der Waals surface area contributed by atoms with Crippen LogP contribution in [0.15, 0.2) is 9.98 Å². The maximum Gasteiger partial charge on any atom is 0.223 e. The second kappa shape index (κ2) is 11.4. The first-order valence-electron chi connectivity index (χ1n) is 10.6. The summed E-state index contributed by atoms with van der Waals surface area (Å²) in [5.41, 5.74) is -0.229. The number of morpholine rings is 1. The molecule has 6 nitrogen and oxygen atoms in total. The van der Waals surface area contributed by atoms with E-state index in [1.807, 2.05) is 0 Å². The molecule has 26 heavy (non-hydrogen) atoms. The van der Waals surface area contributed by atoms with E-state index in [2.05, 4.69) is 36.3 Å². The van der Waals surface area contributed by atoms with Gasteiger partial charge in [0.15, 0.2) is 0 Å². The van der Waals surface area contributed by atoms with E-state index in [0.717, 1.165) is 51.2 Å². The van der Waals surface area contributed by atoms with Gasteiger partial charge in [-0.3, -0.25) is 4.99 Å². The summed E-state index contributed by atoms with van der Waals surface area (Å²) in [4.78, 5) is 11.6. The Morgan fingerprint density at radius 3 is 2.23 bits per heavy atom. The molecule has 2 heterocycles. The molecule has 1 saturated heterocycles. The molecular formula is C20H39N5O. The Bertz CT molecular complexity index is 455. The third kappa shape index (κ3) is 7.94. The normalized spacial score (nSPS) is 21.3. The average molecular weight is 366 g/mol. The molecule has 0 amide bonds. The molecule has 6 heteroatoms. The number of unbranched alkanes of at least 4 members (excludes halogenated alkanes) is 8. The highest BCUT2D eigenvalue weighted by Gasteiger charge is 2.28. The zero-order chi connectivity index (χ0) is 18.7. The predicted molar refractivity (Wildman–Crippen MR) is 110 cm³/mol. The van der Waals surface area contributed by atoms with Gasteiger partial charge >= 0.3 is 0 Å². The monoisotopic (exact) mass is 365 g/mol. The summed E-state index contributed by atoms with van der Waals surface area (Å²) in [6.45, 7) is 10.7. The fraction of sp³-hybridized carbons (Fsp3) is 0.900. The van der Waals surface area contributed by atoms with Crippen LogP contribution < -0.4 is 10.6 Å². The molecule has 0 unspecified atom stereocenters. The number of nitrogens with zero attached hydrogens (tertiary/aromatic N) is 3. The van der Waals surface area contributed by atoms with Crippen LogP contribution in [0.4, 0.5) is 0 Å². The largest absolute Gasteiger partial charge is 0.378 e. The lowest BCUT2D eigenvalue weighted by Crippen LogP contribution is -2.64. The van der Waals surface area contributed by atoms with Crippen LogP contribution in [0.2, 0.25) is 0 Å². The molecule has 2 aliphatic rings. The van der Waals surface area contributed by atoms with Gasteiger partial charge in [-0.2, -0.15) is 4.99 Å². The van der Waals surface area contributed by atoms with Crippen molar-refractivity contribution in [3.63, 3.8) is 0 Å². The molecule has 150 valence electrons. The highest BCUT2D eigenvalue weighted by molar-refractivity contribution is 5.98. The molecule has 0 atom stereocenters. The summed E-state index contributed by atoms with van der Waals surface area (Å²) >= 11 is 0. The Hall–Kier alpha value is -1.30. The van der Waals surface area contributed by atoms with Crippen LogP contribution in [0.3, 0.4) is 0 Å². The molecule has 0 radical (unpaired) electrons. The van der Waals surface area contributed by atoms with Gasteiger partial charge in [0.25, 0.3) is 0 Å². The summed E-state index contributed by atoms with van der Waals surface area (Å²) < 4.78 is 5.44. The number of ether oxygens (including phenoxy) is 1. The highest BCUT2D eigenvalue weighted by atomic mass is 16.5. The lowest BCUT2D eigenvalue weighted by atomic mass is 10.1. The zero-order valence-corrected chi connectivity index (χ0v) is 17.1. The first-order chi connectivity index (χ1) is 12.6. The van der Waals surface area contributed by atoms with E-state index < -0.39 is 0 Å². The second-order valence-corrected chi connectivity index (χ2v) is 7.94. The Morgan fingerprint density at radius 1 is 0.962 bits per heavy atom. The van der Waals surface area contributed by atoms with Gasteiger partial charge in [-0.05, 0) is 20.3 Å². The van der Waals surface area contributed by atoms with E-state index in [4.69, 9.17) is 14.7 Å². The lowest BCUT2D eigenvalue weighted by Gasteiger charge is -2.39. The predicted octanol–water partition coefficient (Wildman–Crippen LogP) is 3.49. The highest BCUT2D eigenvalue weighted by Crippen LogP contribution is 2.11. The smallest absolute Gasteiger partial charge is 0.223 e. The summed E-state index contributed by atoms with van der Waals surface area (Å²) in [7, 11) is 0. The number of rotatable bonds is 10. The second-order valence-electron chi connectivity index (χ2n) is 7.94. The van der Waals surface area contributed by atoms with Gasteiger partial charge in [0.2, 0.25) is 11.9 Å². The molecule has 2 rings (SSSR count). The van der Waals surface area contributed by atoms with Crippen LogP contribution in [0.1, 0.15) is 78.6 Å².